The molecular formula is C11H24NO3P. The van der Waals surface area contributed by atoms with Gasteiger partial charge in [0.2, 0.25) is 0 Å². The van der Waals surface area contributed by atoms with Crippen LogP contribution >= 0.6 is 7.60 Å². The smallest absolute Gasteiger partial charge is 0.309 e. The summed E-state index contributed by atoms with van der Waals surface area (Å²) < 4.78 is 22.6. The van der Waals surface area contributed by atoms with E-state index in [0.29, 0.717) is 19.4 Å². The molecule has 0 bridgehead atoms. The summed E-state index contributed by atoms with van der Waals surface area (Å²) in [5, 5.41) is 0. The van der Waals surface area contributed by atoms with Crippen LogP contribution in [-0.2, 0) is 13.6 Å². The van der Waals surface area contributed by atoms with Crippen LogP contribution in [0, 0.1) is 0 Å². The Balaban J connectivity index is 2.23. The molecule has 0 spiro atoms. The molecule has 0 atom stereocenters. The summed E-state index contributed by atoms with van der Waals surface area (Å²) in [5.74, 6) is 0. The molecule has 0 aliphatic carbocycles. The van der Waals surface area contributed by atoms with Crippen LogP contribution in [0.1, 0.15) is 33.1 Å². The van der Waals surface area contributed by atoms with Crippen LogP contribution in [0.25, 0.3) is 0 Å². The van der Waals surface area contributed by atoms with Crippen molar-refractivity contribution in [2.45, 2.75) is 33.1 Å². The predicted molar refractivity (Wildman–Crippen MR) is 66.0 cm³/mol. The number of hydrogen-bond donors (Lipinski definition) is 0. The van der Waals surface area contributed by atoms with Gasteiger partial charge in [0.15, 0.2) is 0 Å². The van der Waals surface area contributed by atoms with Gasteiger partial charge in [0.25, 0.3) is 0 Å². The first-order valence-corrected chi connectivity index (χ1v) is 8.03. The van der Waals surface area contributed by atoms with E-state index in [0.717, 1.165) is 13.0 Å². The van der Waals surface area contributed by atoms with Crippen LogP contribution in [0.5, 0.6) is 0 Å². The van der Waals surface area contributed by atoms with Gasteiger partial charge in [0.05, 0.1) is 19.4 Å². The summed E-state index contributed by atoms with van der Waals surface area (Å²) in [5.41, 5.74) is 0. The zero-order chi connectivity index (χ0) is 11.9. The van der Waals surface area contributed by atoms with Gasteiger partial charge in [-0.15, -0.1) is 0 Å². The van der Waals surface area contributed by atoms with Crippen molar-refractivity contribution >= 4 is 7.60 Å². The standard InChI is InChI=1S/C11H24NO3P/c1-3-14-16(13,15-4-2)11-7-10-12-8-5-6-9-12/h3-11H2,1-2H3. The highest BCUT2D eigenvalue weighted by molar-refractivity contribution is 7.53. The maximum atomic E-state index is 12.1. The topological polar surface area (TPSA) is 38.8 Å². The van der Waals surface area contributed by atoms with Crippen molar-refractivity contribution in [3.8, 4) is 0 Å². The second kappa shape index (κ2) is 7.44. The molecule has 4 nitrogen and oxygen atoms in total. The van der Waals surface area contributed by atoms with Gasteiger partial charge in [-0.1, -0.05) is 0 Å². The molecule has 0 amide bonds. The van der Waals surface area contributed by atoms with Gasteiger partial charge in [-0.3, -0.25) is 4.57 Å². The first-order valence-electron chi connectivity index (χ1n) is 6.30. The molecule has 0 radical (unpaired) electrons. The molecule has 1 heterocycles. The van der Waals surface area contributed by atoms with E-state index >= 15 is 0 Å². The maximum Gasteiger partial charge on any atom is 0.330 e. The summed E-state index contributed by atoms with van der Waals surface area (Å²) >= 11 is 0. The fourth-order valence-corrected chi connectivity index (χ4v) is 3.70. The van der Waals surface area contributed by atoms with Gasteiger partial charge in [-0.25, -0.2) is 0 Å². The van der Waals surface area contributed by atoms with Crippen LogP contribution in [-0.4, -0.2) is 43.9 Å². The number of hydrogen-bond acceptors (Lipinski definition) is 4. The molecule has 1 aliphatic heterocycles. The summed E-state index contributed by atoms with van der Waals surface area (Å²) in [6, 6.07) is 0. The Labute approximate surface area is 98.8 Å². The SMILES string of the molecule is CCOP(=O)(CCCN1CCCC1)OCC. The van der Waals surface area contributed by atoms with Crippen molar-refractivity contribution in [3.63, 3.8) is 0 Å². The van der Waals surface area contributed by atoms with E-state index in [-0.39, 0.29) is 0 Å². The minimum Gasteiger partial charge on any atom is -0.309 e. The third kappa shape index (κ3) is 4.96. The average Bonchev–Trinajstić information content (AvgIpc) is 2.71. The lowest BCUT2D eigenvalue weighted by Crippen LogP contribution is -2.21. The van der Waals surface area contributed by atoms with Crippen LogP contribution in [0.3, 0.4) is 0 Å². The van der Waals surface area contributed by atoms with Crippen molar-refractivity contribution in [2.24, 2.45) is 0 Å². The Hall–Kier alpha value is 0.110. The second-order valence-electron chi connectivity index (χ2n) is 4.07. The van der Waals surface area contributed by atoms with E-state index in [2.05, 4.69) is 4.90 Å². The summed E-state index contributed by atoms with van der Waals surface area (Å²) in [4.78, 5) is 2.42. The Kier molecular flexibility index (Phi) is 6.59. The fraction of sp³-hybridized carbons (Fsp3) is 1.00. The molecule has 0 saturated carbocycles. The number of likely N-dealkylation sites (tertiary alicyclic amines) is 1. The lowest BCUT2D eigenvalue weighted by Gasteiger charge is -2.19. The van der Waals surface area contributed by atoms with E-state index in [1.165, 1.54) is 25.9 Å². The van der Waals surface area contributed by atoms with Gasteiger partial charge in [-0.2, -0.15) is 0 Å². The van der Waals surface area contributed by atoms with Crippen LogP contribution in [0.2, 0.25) is 0 Å². The van der Waals surface area contributed by atoms with Crippen LogP contribution < -0.4 is 0 Å². The molecule has 0 aromatic carbocycles. The van der Waals surface area contributed by atoms with Crippen LogP contribution in [0.4, 0.5) is 0 Å². The number of rotatable bonds is 8. The zero-order valence-electron chi connectivity index (χ0n) is 10.5. The minimum atomic E-state index is -2.80. The molecule has 16 heavy (non-hydrogen) atoms. The molecule has 0 aromatic rings. The second-order valence-corrected chi connectivity index (χ2v) is 6.26. The third-order valence-electron chi connectivity index (χ3n) is 2.76. The van der Waals surface area contributed by atoms with E-state index < -0.39 is 7.60 Å². The van der Waals surface area contributed by atoms with Crippen molar-refractivity contribution in [3.05, 3.63) is 0 Å². The summed E-state index contributed by atoms with van der Waals surface area (Å²) in [7, 11) is -2.80. The molecule has 1 aliphatic rings. The highest BCUT2D eigenvalue weighted by Crippen LogP contribution is 2.48. The number of nitrogens with zero attached hydrogens (tertiary/aromatic N) is 1. The monoisotopic (exact) mass is 249 g/mol. The van der Waals surface area contributed by atoms with Crippen molar-refractivity contribution in [1.29, 1.82) is 0 Å². The van der Waals surface area contributed by atoms with Crippen molar-refractivity contribution < 1.29 is 13.6 Å². The lowest BCUT2D eigenvalue weighted by molar-refractivity contribution is 0.218. The molecule has 0 N–H and O–H groups in total. The van der Waals surface area contributed by atoms with Crippen molar-refractivity contribution in [2.75, 3.05) is 39.0 Å². The summed E-state index contributed by atoms with van der Waals surface area (Å²) in [6.07, 6.45) is 4.05. The molecule has 96 valence electrons. The summed E-state index contributed by atoms with van der Waals surface area (Å²) in [6.45, 7) is 8.02. The van der Waals surface area contributed by atoms with Crippen molar-refractivity contribution in [1.82, 2.24) is 4.90 Å². The Morgan fingerprint density at radius 1 is 1.12 bits per heavy atom. The minimum absolute atomic E-state index is 0.459. The third-order valence-corrected chi connectivity index (χ3v) is 4.92. The van der Waals surface area contributed by atoms with Crippen LogP contribution in [0.15, 0.2) is 0 Å². The zero-order valence-corrected chi connectivity index (χ0v) is 11.4. The Morgan fingerprint density at radius 3 is 2.19 bits per heavy atom. The molecule has 1 fully saturated rings. The normalized spacial score (nSPS) is 18.1. The van der Waals surface area contributed by atoms with E-state index in [9.17, 15) is 4.57 Å². The van der Waals surface area contributed by atoms with Gasteiger partial charge in [0.1, 0.15) is 0 Å². The molecule has 0 unspecified atom stereocenters. The highest BCUT2D eigenvalue weighted by Gasteiger charge is 2.23. The molecule has 1 saturated heterocycles. The van der Waals surface area contributed by atoms with E-state index in [4.69, 9.17) is 9.05 Å². The van der Waals surface area contributed by atoms with E-state index in [1.54, 1.807) is 0 Å². The van der Waals surface area contributed by atoms with Gasteiger partial charge in [-0.05, 0) is 52.7 Å². The largest absolute Gasteiger partial charge is 0.330 e. The first-order chi connectivity index (χ1) is 7.70. The fourth-order valence-electron chi connectivity index (χ4n) is 2.05. The highest BCUT2D eigenvalue weighted by atomic mass is 31.2. The predicted octanol–water partition coefficient (Wildman–Crippen LogP) is 2.74. The van der Waals surface area contributed by atoms with Gasteiger partial charge >= 0.3 is 7.60 Å². The Bertz CT molecular complexity index is 219. The first kappa shape index (κ1) is 14.2. The Morgan fingerprint density at radius 2 is 1.69 bits per heavy atom. The average molecular weight is 249 g/mol. The molecule has 0 aromatic heterocycles. The van der Waals surface area contributed by atoms with Gasteiger partial charge in [0, 0.05) is 0 Å². The molecule has 1 rings (SSSR count). The lowest BCUT2D eigenvalue weighted by atomic mass is 10.4. The molecular weight excluding hydrogens is 225 g/mol. The molecule has 5 heteroatoms. The quantitative estimate of drug-likeness (QED) is 0.620. The van der Waals surface area contributed by atoms with Gasteiger partial charge < -0.3 is 13.9 Å². The maximum absolute atomic E-state index is 12.1. The van der Waals surface area contributed by atoms with E-state index in [1.807, 2.05) is 13.8 Å².